The van der Waals surface area contributed by atoms with Crippen molar-refractivity contribution in [3.63, 3.8) is 0 Å². The maximum Gasteiger partial charge on any atom is 0.407 e. The summed E-state index contributed by atoms with van der Waals surface area (Å²) in [5.74, 6) is -1.92. The van der Waals surface area contributed by atoms with E-state index < -0.39 is 18.0 Å². The number of carbonyl (C=O) groups is 3. The molecule has 0 fully saturated rings. The second-order valence-electron chi connectivity index (χ2n) is 8.13. The highest BCUT2D eigenvalue weighted by molar-refractivity contribution is 7.09. The van der Waals surface area contributed by atoms with E-state index in [4.69, 9.17) is 9.84 Å². The van der Waals surface area contributed by atoms with Crippen LogP contribution in [0.25, 0.3) is 11.1 Å². The van der Waals surface area contributed by atoms with Crippen molar-refractivity contribution < 1.29 is 24.2 Å². The van der Waals surface area contributed by atoms with Crippen molar-refractivity contribution in [2.75, 3.05) is 13.2 Å². The molecule has 0 bridgehead atoms. The number of aliphatic carboxylic acids is 1. The van der Waals surface area contributed by atoms with Crippen molar-refractivity contribution in [2.24, 2.45) is 5.92 Å². The average molecular weight is 480 g/mol. The zero-order chi connectivity index (χ0) is 24.1. The summed E-state index contributed by atoms with van der Waals surface area (Å²) in [6.45, 7) is 2.02. The molecule has 2 aromatic carbocycles. The number of alkyl carbamates (subject to hydrolysis) is 1. The summed E-state index contributed by atoms with van der Waals surface area (Å²) in [4.78, 5) is 39.5. The number of aromatic nitrogens is 1. The second kappa shape index (κ2) is 10.5. The number of thiazole rings is 1. The Kier molecular flexibility index (Phi) is 7.22. The lowest BCUT2D eigenvalue weighted by Crippen LogP contribution is -2.32. The summed E-state index contributed by atoms with van der Waals surface area (Å²) in [6.07, 6.45) is -0.479. The lowest BCUT2D eigenvalue weighted by Gasteiger charge is -2.14. The van der Waals surface area contributed by atoms with E-state index in [0.717, 1.165) is 11.1 Å². The maximum atomic E-state index is 12.3. The molecule has 0 spiro atoms. The Morgan fingerprint density at radius 3 is 2.35 bits per heavy atom. The van der Waals surface area contributed by atoms with Crippen LogP contribution in [0, 0.1) is 5.92 Å². The molecule has 0 radical (unpaired) electrons. The zero-order valence-corrected chi connectivity index (χ0v) is 19.4. The van der Waals surface area contributed by atoms with E-state index in [2.05, 4.69) is 39.9 Å². The van der Waals surface area contributed by atoms with Crippen LogP contribution in [0.5, 0.6) is 0 Å². The van der Waals surface area contributed by atoms with Crippen LogP contribution in [0.15, 0.2) is 53.9 Å². The maximum absolute atomic E-state index is 12.3. The van der Waals surface area contributed by atoms with Crippen molar-refractivity contribution in [3.8, 4) is 11.1 Å². The molecule has 8 nitrogen and oxygen atoms in total. The topological polar surface area (TPSA) is 118 Å². The van der Waals surface area contributed by atoms with Gasteiger partial charge in [-0.25, -0.2) is 9.78 Å². The number of carboxylic acids is 1. The highest BCUT2D eigenvalue weighted by Crippen LogP contribution is 2.44. The van der Waals surface area contributed by atoms with Gasteiger partial charge in [0.1, 0.15) is 11.6 Å². The van der Waals surface area contributed by atoms with Crippen LogP contribution >= 0.6 is 11.3 Å². The molecule has 1 aliphatic rings. The molecule has 4 rings (SSSR count). The minimum Gasteiger partial charge on any atom is -0.481 e. The molecule has 1 aromatic heterocycles. The fourth-order valence-corrected chi connectivity index (χ4v) is 4.62. The van der Waals surface area contributed by atoms with Gasteiger partial charge in [0.2, 0.25) is 5.91 Å². The Labute approximate surface area is 201 Å². The standard InChI is InChI=1S/C25H25N3O5S/c1-15(24(30)31)11-26-22(29)10-16-14-34-23(28-16)12-27-25(32)33-13-21-19-8-4-2-6-17(19)18-7-3-5-9-20(18)21/h2-9,14-15,21H,10-13H2,1H3,(H,26,29)(H,27,32)(H,30,31). The van der Waals surface area contributed by atoms with E-state index in [0.29, 0.717) is 10.7 Å². The highest BCUT2D eigenvalue weighted by atomic mass is 32.1. The molecule has 0 aliphatic heterocycles. The number of fused-ring (bicyclic) bond motifs is 3. The summed E-state index contributed by atoms with van der Waals surface area (Å²) >= 11 is 1.33. The molecular weight excluding hydrogens is 454 g/mol. The van der Waals surface area contributed by atoms with E-state index in [9.17, 15) is 14.4 Å². The molecule has 0 saturated carbocycles. The SMILES string of the molecule is CC(CNC(=O)Cc1csc(CNC(=O)OCC2c3ccccc3-c3ccccc32)n1)C(=O)O. The number of amides is 2. The fraction of sp³-hybridized carbons (Fsp3) is 0.280. The first-order valence-corrected chi connectivity index (χ1v) is 11.8. The third kappa shape index (κ3) is 5.43. The number of carboxylic acid groups (broad SMARTS) is 1. The molecule has 3 N–H and O–H groups in total. The van der Waals surface area contributed by atoms with Crippen molar-refractivity contribution in [2.45, 2.75) is 25.8 Å². The number of rotatable bonds is 9. The van der Waals surface area contributed by atoms with E-state index in [1.165, 1.54) is 29.4 Å². The largest absolute Gasteiger partial charge is 0.481 e. The molecule has 2 amide bonds. The number of hydrogen-bond acceptors (Lipinski definition) is 6. The quantitative estimate of drug-likeness (QED) is 0.432. The molecule has 1 heterocycles. The summed E-state index contributed by atoms with van der Waals surface area (Å²) in [5, 5.41) is 16.6. The number of ether oxygens (including phenoxy) is 1. The van der Waals surface area contributed by atoms with Crippen LogP contribution in [0.1, 0.15) is 34.7 Å². The van der Waals surface area contributed by atoms with Gasteiger partial charge in [-0.15, -0.1) is 11.3 Å². The van der Waals surface area contributed by atoms with Crippen molar-refractivity contribution in [3.05, 3.63) is 75.7 Å². The van der Waals surface area contributed by atoms with Gasteiger partial charge in [-0.2, -0.15) is 0 Å². The minimum absolute atomic E-state index is 0.00743. The van der Waals surface area contributed by atoms with Crippen LogP contribution in [0.3, 0.4) is 0 Å². The number of carbonyl (C=O) groups excluding carboxylic acids is 2. The molecule has 9 heteroatoms. The Morgan fingerprint density at radius 1 is 1.06 bits per heavy atom. The van der Waals surface area contributed by atoms with E-state index in [1.807, 2.05) is 24.3 Å². The number of nitrogens with one attached hydrogen (secondary N) is 2. The molecule has 176 valence electrons. The molecular formula is C25H25N3O5S. The Hall–Kier alpha value is -3.72. The van der Waals surface area contributed by atoms with Crippen LogP contribution in [-0.2, 0) is 27.3 Å². The summed E-state index contributed by atoms with van der Waals surface area (Å²) in [5.41, 5.74) is 5.21. The average Bonchev–Trinajstić information content (AvgIpc) is 3.41. The third-order valence-corrected chi connectivity index (χ3v) is 6.59. The van der Waals surface area contributed by atoms with Crippen LogP contribution in [0.2, 0.25) is 0 Å². The van der Waals surface area contributed by atoms with E-state index in [-0.39, 0.29) is 37.9 Å². The number of nitrogens with zero attached hydrogens (tertiary/aromatic N) is 1. The van der Waals surface area contributed by atoms with Gasteiger partial charge in [-0.05, 0) is 22.3 Å². The fourth-order valence-electron chi connectivity index (χ4n) is 3.89. The van der Waals surface area contributed by atoms with Crippen LogP contribution in [-0.4, -0.2) is 41.2 Å². The molecule has 0 saturated heterocycles. The van der Waals surface area contributed by atoms with Gasteiger partial charge < -0.3 is 20.5 Å². The first kappa shape index (κ1) is 23.4. The molecule has 1 atom stereocenters. The van der Waals surface area contributed by atoms with Gasteiger partial charge in [0.25, 0.3) is 0 Å². The van der Waals surface area contributed by atoms with Crippen molar-refractivity contribution in [1.29, 1.82) is 0 Å². The zero-order valence-electron chi connectivity index (χ0n) is 18.6. The molecule has 3 aromatic rings. The van der Waals surface area contributed by atoms with Crippen molar-refractivity contribution in [1.82, 2.24) is 15.6 Å². The first-order valence-electron chi connectivity index (χ1n) is 10.9. The van der Waals surface area contributed by atoms with Gasteiger partial charge in [0, 0.05) is 17.8 Å². The first-order chi connectivity index (χ1) is 16.4. The lowest BCUT2D eigenvalue weighted by atomic mass is 9.98. The van der Waals surface area contributed by atoms with Gasteiger partial charge in [0.15, 0.2) is 0 Å². The van der Waals surface area contributed by atoms with Crippen LogP contribution in [0.4, 0.5) is 4.79 Å². The Balaban J connectivity index is 1.25. The monoisotopic (exact) mass is 479 g/mol. The number of benzene rings is 2. The predicted octanol–water partition coefficient (Wildman–Crippen LogP) is 3.56. The summed E-state index contributed by atoms with van der Waals surface area (Å²) in [7, 11) is 0. The van der Waals surface area contributed by atoms with E-state index in [1.54, 1.807) is 5.38 Å². The normalized spacial score (nSPS) is 13.0. The van der Waals surface area contributed by atoms with Gasteiger partial charge in [-0.1, -0.05) is 55.5 Å². The summed E-state index contributed by atoms with van der Waals surface area (Å²) in [6, 6.07) is 16.3. The van der Waals surface area contributed by atoms with Crippen LogP contribution < -0.4 is 10.6 Å². The minimum atomic E-state index is -0.962. The summed E-state index contributed by atoms with van der Waals surface area (Å²) < 4.78 is 5.52. The van der Waals surface area contributed by atoms with Gasteiger partial charge in [0.05, 0.1) is 24.6 Å². The van der Waals surface area contributed by atoms with Crippen molar-refractivity contribution >= 4 is 29.3 Å². The smallest absolute Gasteiger partial charge is 0.407 e. The third-order valence-electron chi connectivity index (χ3n) is 5.70. The molecule has 34 heavy (non-hydrogen) atoms. The molecule has 1 aliphatic carbocycles. The lowest BCUT2D eigenvalue weighted by molar-refractivity contribution is -0.141. The highest BCUT2D eigenvalue weighted by Gasteiger charge is 2.29. The Morgan fingerprint density at radius 2 is 1.71 bits per heavy atom. The second-order valence-corrected chi connectivity index (χ2v) is 9.07. The van der Waals surface area contributed by atoms with Gasteiger partial charge >= 0.3 is 12.1 Å². The Bertz CT molecular complexity index is 1160. The molecule has 1 unspecified atom stereocenters. The van der Waals surface area contributed by atoms with E-state index >= 15 is 0 Å². The number of hydrogen-bond donors (Lipinski definition) is 3. The van der Waals surface area contributed by atoms with Gasteiger partial charge in [-0.3, -0.25) is 9.59 Å². The predicted molar refractivity (Wildman–Crippen MR) is 128 cm³/mol.